The number of nitrogens with one attached hydrogen (secondary N) is 2. The number of benzene rings is 2. The van der Waals surface area contributed by atoms with Gasteiger partial charge in [0.15, 0.2) is 0 Å². The molecule has 0 aliphatic carbocycles. The van der Waals surface area contributed by atoms with Crippen molar-refractivity contribution in [2.45, 2.75) is 49.3 Å². The second kappa shape index (κ2) is 10.7. The average Bonchev–Trinajstić information content (AvgIpc) is 2.79. The van der Waals surface area contributed by atoms with Crippen LogP contribution in [0.5, 0.6) is 0 Å². The first kappa shape index (κ1) is 26.6. The summed E-state index contributed by atoms with van der Waals surface area (Å²) in [5.74, 6) is -1.29. The minimum atomic E-state index is -4.56. The lowest BCUT2D eigenvalue weighted by Gasteiger charge is -2.32. The van der Waals surface area contributed by atoms with E-state index in [1.54, 1.807) is 0 Å². The minimum Gasteiger partial charge on any atom is -0.351 e. The van der Waals surface area contributed by atoms with Crippen LogP contribution in [-0.2, 0) is 32.2 Å². The van der Waals surface area contributed by atoms with Crippen LogP contribution in [0.4, 0.5) is 17.6 Å². The van der Waals surface area contributed by atoms with Crippen LogP contribution in [0.3, 0.4) is 0 Å². The number of nitrogens with zero attached hydrogens (tertiary/aromatic N) is 1. The van der Waals surface area contributed by atoms with E-state index in [9.17, 15) is 35.6 Å². The first-order valence-corrected chi connectivity index (χ1v) is 12.3. The first-order chi connectivity index (χ1) is 16.4. The van der Waals surface area contributed by atoms with E-state index < -0.39 is 45.4 Å². The number of hydrogen-bond donors (Lipinski definition) is 2. The van der Waals surface area contributed by atoms with E-state index in [1.165, 1.54) is 35.5 Å². The Labute approximate surface area is 200 Å². The number of sulfonamides is 1. The Morgan fingerprint density at radius 1 is 1.03 bits per heavy atom. The van der Waals surface area contributed by atoms with Crippen molar-refractivity contribution in [3.63, 3.8) is 0 Å². The number of hydrogen-bond acceptors (Lipinski definition) is 4. The molecule has 12 heteroatoms. The van der Waals surface area contributed by atoms with E-state index >= 15 is 0 Å². The quantitative estimate of drug-likeness (QED) is 0.555. The van der Waals surface area contributed by atoms with Crippen molar-refractivity contribution in [2.75, 3.05) is 13.1 Å². The number of alkyl halides is 3. The van der Waals surface area contributed by atoms with Crippen LogP contribution in [0.2, 0.25) is 0 Å². The Bertz CT molecular complexity index is 1140. The molecule has 1 saturated heterocycles. The van der Waals surface area contributed by atoms with E-state index in [2.05, 4.69) is 10.6 Å². The Kier molecular flexibility index (Phi) is 8.16. The average molecular weight is 516 g/mol. The molecule has 0 aromatic heterocycles. The van der Waals surface area contributed by atoms with Crippen LogP contribution in [0.1, 0.15) is 30.9 Å². The molecule has 1 aliphatic rings. The smallest absolute Gasteiger partial charge is 0.351 e. The minimum absolute atomic E-state index is 0.0665. The van der Waals surface area contributed by atoms with E-state index in [1.807, 2.05) is 0 Å². The van der Waals surface area contributed by atoms with Gasteiger partial charge in [-0.05, 0) is 54.8 Å². The van der Waals surface area contributed by atoms with Gasteiger partial charge in [-0.1, -0.05) is 12.1 Å². The zero-order valence-electron chi connectivity index (χ0n) is 18.8. The SMILES string of the molecule is CC(=O)N[C@H](Cc1ccc(F)cc1)C(=O)NC1CCN(S(=O)(=O)c2ccc(C(F)(F)F)cc2)CC1. The van der Waals surface area contributed by atoms with Crippen molar-refractivity contribution >= 4 is 21.8 Å². The summed E-state index contributed by atoms with van der Waals surface area (Å²) in [6.07, 6.45) is -3.85. The van der Waals surface area contributed by atoms with Gasteiger partial charge in [-0.15, -0.1) is 0 Å². The monoisotopic (exact) mass is 515 g/mol. The van der Waals surface area contributed by atoms with Gasteiger partial charge < -0.3 is 10.6 Å². The van der Waals surface area contributed by atoms with Gasteiger partial charge in [0.1, 0.15) is 11.9 Å². The number of rotatable bonds is 7. The fourth-order valence-corrected chi connectivity index (χ4v) is 5.29. The predicted molar refractivity (Wildman–Crippen MR) is 119 cm³/mol. The Hall–Kier alpha value is -2.99. The lowest BCUT2D eigenvalue weighted by atomic mass is 10.0. The van der Waals surface area contributed by atoms with Crippen molar-refractivity contribution in [1.82, 2.24) is 14.9 Å². The molecule has 3 rings (SSSR count). The summed E-state index contributed by atoms with van der Waals surface area (Å²) >= 11 is 0. The van der Waals surface area contributed by atoms with E-state index in [0.717, 1.165) is 24.3 Å². The van der Waals surface area contributed by atoms with Crippen LogP contribution in [0, 0.1) is 5.82 Å². The molecule has 0 radical (unpaired) electrons. The summed E-state index contributed by atoms with van der Waals surface area (Å²) in [5, 5.41) is 5.39. The van der Waals surface area contributed by atoms with Gasteiger partial charge in [-0.25, -0.2) is 12.8 Å². The number of carbonyl (C=O) groups is 2. The van der Waals surface area contributed by atoms with Crippen LogP contribution in [-0.4, -0.2) is 49.7 Å². The molecule has 0 spiro atoms. The summed E-state index contributed by atoms with van der Waals surface area (Å²) in [7, 11) is -3.99. The van der Waals surface area contributed by atoms with Crippen molar-refractivity contribution in [3.05, 3.63) is 65.5 Å². The molecular formula is C23H25F4N3O4S. The zero-order chi connectivity index (χ0) is 25.8. The molecule has 1 heterocycles. The van der Waals surface area contributed by atoms with Gasteiger partial charge >= 0.3 is 6.18 Å². The van der Waals surface area contributed by atoms with Crippen molar-refractivity contribution < 1.29 is 35.6 Å². The second-order valence-electron chi connectivity index (χ2n) is 8.29. The van der Waals surface area contributed by atoms with Crippen molar-refractivity contribution in [2.24, 2.45) is 0 Å². The molecule has 190 valence electrons. The molecule has 1 atom stereocenters. The van der Waals surface area contributed by atoms with E-state index in [4.69, 9.17) is 0 Å². The number of amides is 2. The number of carbonyl (C=O) groups excluding carboxylic acids is 2. The highest BCUT2D eigenvalue weighted by Crippen LogP contribution is 2.30. The molecule has 0 saturated carbocycles. The molecule has 0 bridgehead atoms. The lowest BCUT2D eigenvalue weighted by molar-refractivity contribution is -0.137. The highest BCUT2D eigenvalue weighted by Gasteiger charge is 2.33. The zero-order valence-corrected chi connectivity index (χ0v) is 19.6. The third-order valence-corrected chi connectivity index (χ3v) is 7.58. The maximum Gasteiger partial charge on any atom is 0.416 e. The van der Waals surface area contributed by atoms with Gasteiger partial charge in [0.05, 0.1) is 10.5 Å². The van der Waals surface area contributed by atoms with Crippen LogP contribution < -0.4 is 10.6 Å². The number of piperidine rings is 1. The molecule has 7 nitrogen and oxygen atoms in total. The maximum absolute atomic E-state index is 13.1. The van der Waals surface area contributed by atoms with Gasteiger partial charge in [0.25, 0.3) is 0 Å². The Balaban J connectivity index is 1.60. The standard InChI is InChI=1S/C23H25F4N3O4S/c1-15(31)28-21(14-16-2-6-18(24)7-3-16)22(32)29-19-10-12-30(13-11-19)35(33,34)20-8-4-17(5-9-20)23(25,26)27/h2-9,19,21H,10-14H2,1H3,(H,28,31)(H,29,32)/t21-/m1/s1. The topological polar surface area (TPSA) is 95.6 Å². The summed E-state index contributed by atoms with van der Waals surface area (Å²) in [6, 6.07) is 7.60. The largest absolute Gasteiger partial charge is 0.416 e. The first-order valence-electron chi connectivity index (χ1n) is 10.9. The van der Waals surface area contributed by atoms with Gasteiger partial charge in [0.2, 0.25) is 21.8 Å². The van der Waals surface area contributed by atoms with Crippen LogP contribution in [0.25, 0.3) is 0 Å². The molecule has 2 aromatic rings. The fourth-order valence-electron chi connectivity index (χ4n) is 3.82. The lowest BCUT2D eigenvalue weighted by Crippen LogP contribution is -2.53. The summed E-state index contributed by atoms with van der Waals surface area (Å²) in [6.45, 7) is 1.41. The molecule has 1 aliphatic heterocycles. The summed E-state index contributed by atoms with van der Waals surface area (Å²) in [5.41, 5.74) is -0.287. The second-order valence-corrected chi connectivity index (χ2v) is 10.2. The van der Waals surface area contributed by atoms with Crippen molar-refractivity contribution in [3.8, 4) is 0 Å². The van der Waals surface area contributed by atoms with Crippen LogP contribution >= 0.6 is 0 Å². The highest BCUT2D eigenvalue weighted by molar-refractivity contribution is 7.89. The molecule has 35 heavy (non-hydrogen) atoms. The summed E-state index contributed by atoms with van der Waals surface area (Å²) in [4.78, 5) is 24.1. The molecule has 1 fully saturated rings. The molecule has 2 N–H and O–H groups in total. The van der Waals surface area contributed by atoms with E-state index in [0.29, 0.717) is 5.56 Å². The van der Waals surface area contributed by atoms with Gasteiger partial charge in [-0.3, -0.25) is 9.59 Å². The third kappa shape index (κ3) is 7.01. The molecule has 2 aromatic carbocycles. The Morgan fingerprint density at radius 3 is 2.11 bits per heavy atom. The fraction of sp³-hybridized carbons (Fsp3) is 0.391. The Morgan fingerprint density at radius 2 is 1.60 bits per heavy atom. The molecule has 0 unspecified atom stereocenters. The molecular weight excluding hydrogens is 490 g/mol. The van der Waals surface area contributed by atoms with Crippen LogP contribution in [0.15, 0.2) is 53.4 Å². The highest BCUT2D eigenvalue weighted by atomic mass is 32.2. The van der Waals surface area contributed by atoms with Gasteiger partial charge in [-0.2, -0.15) is 17.5 Å². The summed E-state index contributed by atoms with van der Waals surface area (Å²) < 4.78 is 78.2. The van der Waals surface area contributed by atoms with Crippen molar-refractivity contribution in [1.29, 1.82) is 0 Å². The van der Waals surface area contributed by atoms with E-state index in [-0.39, 0.29) is 43.3 Å². The normalized spacial score (nSPS) is 16.5. The van der Waals surface area contributed by atoms with Gasteiger partial charge in [0, 0.05) is 32.5 Å². The predicted octanol–water partition coefficient (Wildman–Crippen LogP) is 2.86. The molecule has 2 amide bonds. The number of halogens is 4. The third-order valence-electron chi connectivity index (χ3n) is 5.67. The maximum atomic E-state index is 13.1.